The van der Waals surface area contributed by atoms with E-state index >= 15 is 0 Å². The largest absolute Gasteiger partial charge is 0.366 e. The van der Waals surface area contributed by atoms with Gasteiger partial charge in [0.15, 0.2) is 0 Å². The lowest BCUT2D eigenvalue weighted by Crippen LogP contribution is -2.35. The van der Waals surface area contributed by atoms with E-state index in [9.17, 15) is 4.79 Å². The zero-order chi connectivity index (χ0) is 10.3. The van der Waals surface area contributed by atoms with E-state index in [0.29, 0.717) is 6.54 Å². The molecule has 0 aliphatic carbocycles. The predicted octanol–water partition coefficient (Wildman–Crippen LogP) is 0.137. The first-order valence-corrected chi connectivity index (χ1v) is 4.51. The van der Waals surface area contributed by atoms with Gasteiger partial charge < -0.3 is 15.4 Å². The first kappa shape index (κ1) is 12.4. The van der Waals surface area contributed by atoms with Crippen molar-refractivity contribution in [3.05, 3.63) is 0 Å². The number of rotatable bonds is 5. The molecule has 0 saturated heterocycles. The fraction of sp³-hybridized carbons (Fsp3) is 0.889. The Morgan fingerprint density at radius 1 is 1.31 bits per heavy atom. The molecule has 4 nitrogen and oxygen atoms in total. The van der Waals surface area contributed by atoms with Crippen molar-refractivity contribution in [3.63, 3.8) is 0 Å². The van der Waals surface area contributed by atoms with E-state index in [1.54, 1.807) is 0 Å². The van der Waals surface area contributed by atoms with Gasteiger partial charge >= 0.3 is 0 Å². The number of nitrogens with one attached hydrogen (secondary N) is 2. The quantitative estimate of drug-likeness (QED) is 0.603. The third-order valence-corrected chi connectivity index (χ3v) is 1.33. The van der Waals surface area contributed by atoms with Gasteiger partial charge in [0.1, 0.15) is 6.61 Å². The molecule has 0 aromatic carbocycles. The molecule has 0 saturated carbocycles. The van der Waals surface area contributed by atoms with Crippen LogP contribution in [0.5, 0.6) is 0 Å². The summed E-state index contributed by atoms with van der Waals surface area (Å²) in [4.78, 5) is 11.1. The van der Waals surface area contributed by atoms with Crippen LogP contribution in [0.15, 0.2) is 0 Å². The maximum atomic E-state index is 11.1. The minimum atomic E-state index is -0.250. The van der Waals surface area contributed by atoms with Crippen LogP contribution in [0.4, 0.5) is 0 Å². The molecule has 4 heteroatoms. The maximum Gasteiger partial charge on any atom is 0.246 e. The molecule has 0 radical (unpaired) electrons. The third kappa shape index (κ3) is 9.30. The predicted molar refractivity (Wildman–Crippen MR) is 52.6 cm³/mol. The first-order chi connectivity index (χ1) is 5.95. The Morgan fingerprint density at radius 2 is 1.92 bits per heavy atom. The molecule has 2 N–H and O–H groups in total. The molecule has 78 valence electrons. The highest BCUT2D eigenvalue weighted by molar-refractivity contribution is 5.77. The summed E-state index contributed by atoms with van der Waals surface area (Å²) < 4.78 is 5.29. The van der Waals surface area contributed by atoms with E-state index in [1.807, 2.05) is 27.8 Å². The van der Waals surface area contributed by atoms with Crippen LogP contribution in [0.1, 0.15) is 20.8 Å². The summed E-state index contributed by atoms with van der Waals surface area (Å²) in [6.07, 6.45) is 0. The van der Waals surface area contributed by atoms with Crippen LogP contribution >= 0.6 is 0 Å². The van der Waals surface area contributed by atoms with E-state index in [4.69, 9.17) is 4.74 Å². The molecule has 0 aliphatic heterocycles. The zero-order valence-corrected chi connectivity index (χ0v) is 8.94. The number of amides is 1. The van der Waals surface area contributed by atoms with Crippen molar-refractivity contribution in [3.8, 4) is 0 Å². The van der Waals surface area contributed by atoms with Crippen LogP contribution in [0, 0.1) is 0 Å². The third-order valence-electron chi connectivity index (χ3n) is 1.33. The highest BCUT2D eigenvalue weighted by Crippen LogP contribution is 2.05. The Hall–Kier alpha value is -0.610. The second kappa shape index (κ2) is 5.94. The molecule has 0 fully saturated rings. The van der Waals surface area contributed by atoms with Gasteiger partial charge in [-0.2, -0.15) is 0 Å². The molecule has 0 heterocycles. The summed E-state index contributed by atoms with van der Waals surface area (Å²) >= 11 is 0. The summed E-state index contributed by atoms with van der Waals surface area (Å²) in [6, 6.07) is 0. The Balaban J connectivity index is 3.41. The van der Waals surface area contributed by atoms with Crippen molar-refractivity contribution < 1.29 is 9.53 Å². The Morgan fingerprint density at radius 3 is 2.38 bits per heavy atom. The SMILES string of the molecule is CNCCNC(=O)COC(C)(C)C. The van der Waals surface area contributed by atoms with Crippen molar-refractivity contribution >= 4 is 5.91 Å². The molecule has 0 aliphatic rings. The van der Waals surface area contributed by atoms with Crippen molar-refractivity contribution in [2.24, 2.45) is 0 Å². The van der Waals surface area contributed by atoms with Crippen LogP contribution in [-0.4, -0.2) is 38.3 Å². The lowest BCUT2D eigenvalue weighted by atomic mass is 10.2. The Labute approximate surface area is 80.0 Å². The molecule has 0 aromatic rings. The van der Waals surface area contributed by atoms with Crippen molar-refractivity contribution in [2.45, 2.75) is 26.4 Å². The zero-order valence-electron chi connectivity index (χ0n) is 8.94. The standard InChI is InChI=1S/C9H20N2O2/c1-9(2,3)13-7-8(12)11-6-5-10-4/h10H,5-7H2,1-4H3,(H,11,12). The van der Waals surface area contributed by atoms with E-state index in [2.05, 4.69) is 10.6 Å². The number of hydrogen-bond acceptors (Lipinski definition) is 3. The molecule has 13 heavy (non-hydrogen) atoms. The molecule has 0 aromatic heterocycles. The topological polar surface area (TPSA) is 50.4 Å². The van der Waals surface area contributed by atoms with Gasteiger partial charge in [-0.25, -0.2) is 0 Å². The van der Waals surface area contributed by atoms with Gasteiger partial charge in [0.05, 0.1) is 5.60 Å². The summed E-state index contributed by atoms with van der Waals surface area (Å²) in [5.41, 5.74) is -0.250. The molecule has 0 rings (SSSR count). The molecule has 0 atom stereocenters. The highest BCUT2D eigenvalue weighted by Gasteiger charge is 2.12. The lowest BCUT2D eigenvalue weighted by molar-refractivity contribution is -0.130. The number of carbonyl (C=O) groups is 1. The average Bonchev–Trinajstić information content (AvgIpc) is 2.00. The first-order valence-electron chi connectivity index (χ1n) is 4.51. The van der Waals surface area contributed by atoms with Crippen molar-refractivity contribution in [1.29, 1.82) is 0 Å². The smallest absolute Gasteiger partial charge is 0.246 e. The minimum Gasteiger partial charge on any atom is -0.366 e. The van der Waals surface area contributed by atoms with Gasteiger partial charge in [0, 0.05) is 13.1 Å². The van der Waals surface area contributed by atoms with Crippen LogP contribution in [-0.2, 0) is 9.53 Å². The molecule has 0 spiro atoms. The monoisotopic (exact) mass is 188 g/mol. The van der Waals surface area contributed by atoms with E-state index in [0.717, 1.165) is 6.54 Å². The molecule has 0 bridgehead atoms. The number of ether oxygens (including phenoxy) is 1. The molecule has 1 amide bonds. The van der Waals surface area contributed by atoms with Crippen molar-refractivity contribution in [1.82, 2.24) is 10.6 Å². The van der Waals surface area contributed by atoms with Crippen molar-refractivity contribution in [2.75, 3.05) is 26.7 Å². The van der Waals surface area contributed by atoms with Gasteiger partial charge in [0.2, 0.25) is 5.91 Å². The average molecular weight is 188 g/mol. The fourth-order valence-electron chi connectivity index (χ4n) is 0.660. The minimum absolute atomic E-state index is 0.0647. The summed E-state index contributed by atoms with van der Waals surface area (Å²) in [5, 5.41) is 5.67. The van der Waals surface area contributed by atoms with Crippen LogP contribution in [0.2, 0.25) is 0 Å². The Bertz CT molecular complexity index is 152. The molecular formula is C9H20N2O2. The van der Waals surface area contributed by atoms with E-state index in [-0.39, 0.29) is 18.1 Å². The second-order valence-corrected chi connectivity index (χ2v) is 3.85. The van der Waals surface area contributed by atoms with Gasteiger partial charge in [0.25, 0.3) is 0 Å². The summed E-state index contributed by atoms with van der Waals surface area (Å²) in [5.74, 6) is -0.0647. The number of carbonyl (C=O) groups excluding carboxylic acids is 1. The van der Waals surface area contributed by atoms with Crippen LogP contribution < -0.4 is 10.6 Å². The molecule has 0 unspecified atom stereocenters. The summed E-state index contributed by atoms with van der Waals surface area (Å²) in [7, 11) is 1.85. The second-order valence-electron chi connectivity index (χ2n) is 3.85. The lowest BCUT2D eigenvalue weighted by Gasteiger charge is -2.18. The number of likely N-dealkylation sites (N-methyl/N-ethyl adjacent to an activating group) is 1. The van der Waals surface area contributed by atoms with Crippen LogP contribution in [0.25, 0.3) is 0 Å². The molecular weight excluding hydrogens is 168 g/mol. The van der Waals surface area contributed by atoms with E-state index in [1.165, 1.54) is 0 Å². The Kier molecular flexibility index (Phi) is 5.66. The van der Waals surface area contributed by atoms with Gasteiger partial charge in [-0.15, -0.1) is 0 Å². The maximum absolute atomic E-state index is 11.1. The fourth-order valence-corrected chi connectivity index (χ4v) is 0.660. The normalized spacial score (nSPS) is 11.4. The highest BCUT2D eigenvalue weighted by atomic mass is 16.5. The van der Waals surface area contributed by atoms with Gasteiger partial charge in [-0.3, -0.25) is 4.79 Å². The van der Waals surface area contributed by atoms with Gasteiger partial charge in [-0.1, -0.05) is 0 Å². The van der Waals surface area contributed by atoms with E-state index < -0.39 is 0 Å². The van der Waals surface area contributed by atoms with Gasteiger partial charge in [-0.05, 0) is 27.8 Å². The number of hydrogen-bond donors (Lipinski definition) is 2. The van der Waals surface area contributed by atoms with Crippen LogP contribution in [0.3, 0.4) is 0 Å². The summed E-state index contributed by atoms with van der Waals surface area (Å²) in [6.45, 7) is 7.33.